The van der Waals surface area contributed by atoms with E-state index in [1.54, 1.807) is 13.0 Å². The van der Waals surface area contributed by atoms with E-state index in [0.717, 1.165) is 6.07 Å². The van der Waals surface area contributed by atoms with E-state index in [2.05, 4.69) is 0 Å². The number of rotatable bonds is 2. The van der Waals surface area contributed by atoms with E-state index in [9.17, 15) is 9.18 Å². The minimum absolute atomic E-state index is 0.0565. The van der Waals surface area contributed by atoms with Crippen molar-refractivity contribution >= 4 is 34.7 Å². The molecule has 0 aromatic heterocycles. The summed E-state index contributed by atoms with van der Waals surface area (Å²) in [5.74, 6) is -0.817. The smallest absolute Gasteiger partial charge is 0.196 e. The average molecular weight is 298 g/mol. The number of carbonyl (C=O) groups excluding carboxylic acids is 1. The number of benzene rings is 2. The van der Waals surface area contributed by atoms with Crippen LogP contribution in [-0.4, -0.2) is 5.78 Å². The Morgan fingerprint density at radius 3 is 2.37 bits per heavy atom. The summed E-state index contributed by atoms with van der Waals surface area (Å²) in [6.07, 6.45) is 0. The lowest BCUT2D eigenvalue weighted by Crippen LogP contribution is -2.05. The first kappa shape index (κ1) is 13.8. The highest BCUT2D eigenvalue weighted by Gasteiger charge is 2.17. The molecule has 0 saturated carbocycles. The predicted octanol–water partition coefficient (Wildman–Crippen LogP) is 4.25. The van der Waals surface area contributed by atoms with Crippen molar-refractivity contribution in [3.63, 3.8) is 0 Å². The number of carbonyl (C=O) groups is 1. The van der Waals surface area contributed by atoms with Gasteiger partial charge in [-0.1, -0.05) is 23.2 Å². The third-order valence-corrected chi connectivity index (χ3v) is 3.36. The molecular formula is C14H10Cl2FNO. The van der Waals surface area contributed by atoms with Crippen LogP contribution < -0.4 is 5.73 Å². The zero-order valence-corrected chi connectivity index (χ0v) is 11.5. The van der Waals surface area contributed by atoms with Gasteiger partial charge in [-0.3, -0.25) is 4.79 Å². The second kappa shape index (κ2) is 5.19. The maximum atomic E-state index is 13.3. The molecular weight excluding hydrogens is 288 g/mol. The molecule has 0 aliphatic carbocycles. The van der Waals surface area contributed by atoms with Crippen LogP contribution in [0.25, 0.3) is 0 Å². The van der Waals surface area contributed by atoms with Crippen molar-refractivity contribution in [3.8, 4) is 0 Å². The molecule has 0 atom stereocenters. The summed E-state index contributed by atoms with van der Waals surface area (Å²) in [4.78, 5) is 12.3. The van der Waals surface area contributed by atoms with Gasteiger partial charge in [-0.2, -0.15) is 0 Å². The van der Waals surface area contributed by atoms with E-state index >= 15 is 0 Å². The van der Waals surface area contributed by atoms with Crippen LogP contribution in [0.5, 0.6) is 0 Å². The Morgan fingerprint density at radius 1 is 1.11 bits per heavy atom. The highest BCUT2D eigenvalue weighted by molar-refractivity contribution is 6.38. The molecule has 2 nitrogen and oxygen atoms in total. The molecule has 2 aromatic carbocycles. The molecule has 0 amide bonds. The second-order valence-electron chi connectivity index (χ2n) is 4.15. The minimum atomic E-state index is -0.454. The SMILES string of the molecule is Cc1cc(C(=O)c2ccc(N)cc2Cl)c(Cl)cc1F. The zero-order valence-electron chi connectivity index (χ0n) is 10.0. The number of aryl methyl sites for hydroxylation is 1. The van der Waals surface area contributed by atoms with Gasteiger partial charge in [0.15, 0.2) is 5.78 Å². The molecule has 0 aliphatic heterocycles. The van der Waals surface area contributed by atoms with Gasteiger partial charge in [-0.25, -0.2) is 4.39 Å². The van der Waals surface area contributed by atoms with E-state index < -0.39 is 5.82 Å². The minimum Gasteiger partial charge on any atom is -0.399 e. The molecule has 2 aromatic rings. The Morgan fingerprint density at radius 2 is 1.74 bits per heavy atom. The molecule has 0 saturated heterocycles. The highest BCUT2D eigenvalue weighted by atomic mass is 35.5. The number of nitrogens with two attached hydrogens (primary N) is 1. The highest BCUT2D eigenvalue weighted by Crippen LogP contribution is 2.27. The molecule has 0 unspecified atom stereocenters. The lowest BCUT2D eigenvalue weighted by atomic mass is 10.0. The Bertz CT molecular complexity index is 671. The third kappa shape index (κ3) is 2.72. The van der Waals surface area contributed by atoms with Crippen molar-refractivity contribution in [2.75, 3.05) is 5.73 Å². The van der Waals surface area contributed by atoms with Crippen molar-refractivity contribution in [2.45, 2.75) is 6.92 Å². The van der Waals surface area contributed by atoms with Gasteiger partial charge in [-0.15, -0.1) is 0 Å². The first-order valence-electron chi connectivity index (χ1n) is 5.45. The topological polar surface area (TPSA) is 43.1 Å². The predicted molar refractivity (Wildman–Crippen MR) is 75.4 cm³/mol. The lowest BCUT2D eigenvalue weighted by Gasteiger charge is -2.08. The molecule has 0 heterocycles. The summed E-state index contributed by atoms with van der Waals surface area (Å²) in [6, 6.07) is 7.11. The summed E-state index contributed by atoms with van der Waals surface area (Å²) in [7, 11) is 0. The van der Waals surface area contributed by atoms with Crippen LogP contribution in [0, 0.1) is 12.7 Å². The van der Waals surface area contributed by atoms with Crippen LogP contribution in [0.3, 0.4) is 0 Å². The first-order chi connectivity index (χ1) is 8.90. The maximum Gasteiger partial charge on any atom is 0.196 e. The van der Waals surface area contributed by atoms with E-state index in [1.807, 2.05) is 0 Å². The van der Waals surface area contributed by atoms with Gasteiger partial charge in [0.25, 0.3) is 0 Å². The molecule has 0 radical (unpaired) electrons. The summed E-state index contributed by atoms with van der Waals surface area (Å²) in [6.45, 7) is 1.56. The van der Waals surface area contributed by atoms with E-state index in [-0.39, 0.29) is 27.0 Å². The molecule has 2 rings (SSSR count). The van der Waals surface area contributed by atoms with Gasteiger partial charge in [0.1, 0.15) is 5.82 Å². The van der Waals surface area contributed by atoms with Crippen molar-refractivity contribution in [1.82, 2.24) is 0 Å². The number of nitrogen functional groups attached to an aromatic ring is 1. The van der Waals surface area contributed by atoms with Gasteiger partial charge in [0.2, 0.25) is 0 Å². The second-order valence-corrected chi connectivity index (χ2v) is 4.96. The number of hydrogen-bond donors (Lipinski definition) is 1. The van der Waals surface area contributed by atoms with Crippen LogP contribution in [0.1, 0.15) is 21.5 Å². The maximum absolute atomic E-state index is 13.3. The Balaban J connectivity index is 2.53. The van der Waals surface area contributed by atoms with Crippen molar-refractivity contribution in [1.29, 1.82) is 0 Å². The summed E-state index contributed by atoms with van der Waals surface area (Å²) in [5.41, 5.74) is 6.87. The van der Waals surface area contributed by atoms with Crippen molar-refractivity contribution in [2.24, 2.45) is 0 Å². The fraction of sp³-hybridized carbons (Fsp3) is 0.0714. The van der Waals surface area contributed by atoms with Crippen molar-refractivity contribution < 1.29 is 9.18 Å². The van der Waals surface area contributed by atoms with Gasteiger partial charge in [0.05, 0.1) is 10.0 Å². The largest absolute Gasteiger partial charge is 0.399 e. The zero-order chi connectivity index (χ0) is 14.2. The molecule has 98 valence electrons. The van der Waals surface area contributed by atoms with Gasteiger partial charge >= 0.3 is 0 Å². The quantitative estimate of drug-likeness (QED) is 0.665. The number of hydrogen-bond acceptors (Lipinski definition) is 2. The third-order valence-electron chi connectivity index (χ3n) is 2.73. The summed E-state index contributed by atoms with van der Waals surface area (Å²) in [5, 5.41) is 0.295. The lowest BCUT2D eigenvalue weighted by molar-refractivity contribution is 0.103. The normalized spacial score (nSPS) is 10.5. The Kier molecular flexibility index (Phi) is 3.78. The van der Waals surface area contributed by atoms with E-state index in [1.165, 1.54) is 18.2 Å². The molecule has 19 heavy (non-hydrogen) atoms. The van der Waals surface area contributed by atoms with Gasteiger partial charge in [0, 0.05) is 16.8 Å². The fourth-order valence-electron chi connectivity index (χ4n) is 1.69. The average Bonchev–Trinajstić information content (AvgIpc) is 2.33. The molecule has 0 spiro atoms. The monoisotopic (exact) mass is 297 g/mol. The molecule has 0 fully saturated rings. The molecule has 0 aliphatic rings. The summed E-state index contributed by atoms with van der Waals surface area (Å²) < 4.78 is 13.3. The van der Waals surface area contributed by atoms with Crippen molar-refractivity contribution in [3.05, 3.63) is 62.9 Å². The van der Waals surface area contributed by atoms with Crippen LogP contribution in [0.2, 0.25) is 10.0 Å². The fourth-order valence-corrected chi connectivity index (χ4v) is 2.20. The van der Waals surface area contributed by atoms with Gasteiger partial charge in [-0.05, 0) is 42.8 Å². The van der Waals surface area contributed by atoms with E-state index in [4.69, 9.17) is 28.9 Å². The van der Waals surface area contributed by atoms with Crippen LogP contribution in [0.15, 0.2) is 30.3 Å². The molecule has 5 heteroatoms. The Hall–Kier alpha value is -1.58. The number of ketones is 1. The molecule has 0 bridgehead atoms. The molecule has 2 N–H and O–H groups in total. The first-order valence-corrected chi connectivity index (χ1v) is 6.21. The number of anilines is 1. The standard InChI is InChI=1S/C14H10Cl2FNO/c1-7-4-10(12(16)6-13(7)17)14(19)9-3-2-8(18)5-11(9)15/h2-6H,18H2,1H3. The summed E-state index contributed by atoms with van der Waals surface area (Å²) >= 11 is 11.9. The van der Waals surface area contributed by atoms with Crippen LogP contribution >= 0.6 is 23.2 Å². The van der Waals surface area contributed by atoms with Gasteiger partial charge < -0.3 is 5.73 Å². The van der Waals surface area contributed by atoms with Crippen LogP contribution in [0.4, 0.5) is 10.1 Å². The Labute approximate surface area is 119 Å². The van der Waals surface area contributed by atoms with E-state index in [0.29, 0.717) is 11.3 Å². The number of halogens is 3. The van der Waals surface area contributed by atoms with Crippen LogP contribution in [-0.2, 0) is 0 Å².